The molecule has 132 valence electrons. The first kappa shape index (κ1) is 18.5. The van der Waals surface area contributed by atoms with Crippen molar-refractivity contribution in [2.75, 3.05) is 7.11 Å². The van der Waals surface area contributed by atoms with Gasteiger partial charge in [-0.2, -0.15) is 0 Å². The van der Waals surface area contributed by atoms with Gasteiger partial charge in [0.1, 0.15) is 5.01 Å². The number of methoxy groups -OCH3 is 1. The van der Waals surface area contributed by atoms with Gasteiger partial charge in [0.2, 0.25) is 0 Å². The Morgan fingerprint density at radius 2 is 1.96 bits per heavy atom. The zero-order valence-corrected chi connectivity index (χ0v) is 14.8. The van der Waals surface area contributed by atoms with Crippen LogP contribution in [0.5, 0.6) is 0 Å². The zero-order chi connectivity index (χ0) is 18.6. The second kappa shape index (κ2) is 7.84. The second-order valence-electron chi connectivity index (χ2n) is 5.45. The molecule has 2 aromatic rings. The van der Waals surface area contributed by atoms with Gasteiger partial charge in [-0.3, -0.25) is 14.9 Å². The number of amides is 1. The molecule has 0 aliphatic rings. The number of rotatable bonds is 6. The Labute approximate surface area is 148 Å². The number of nitro benzene ring substituents is 1. The minimum Gasteiger partial charge on any atom is -0.464 e. The van der Waals surface area contributed by atoms with E-state index in [1.54, 1.807) is 10.3 Å². The number of thiazole rings is 1. The lowest BCUT2D eigenvalue weighted by Crippen LogP contribution is -2.36. The number of carbonyl (C=O) groups is 2. The van der Waals surface area contributed by atoms with E-state index >= 15 is 0 Å². The van der Waals surface area contributed by atoms with Gasteiger partial charge in [0, 0.05) is 29.1 Å². The Bertz CT molecular complexity index is 785. The standard InChI is InChI=1S/C16H17N3O5S/c1-10(2)18(8-14-17-13(9-25-14)16(21)24-3)15(20)11-4-6-12(7-5-11)19(22)23/h4-7,9-10H,8H2,1-3H3. The largest absolute Gasteiger partial charge is 0.464 e. The SMILES string of the molecule is COC(=O)c1csc(CN(C(=O)c2ccc([N+](=O)[O-])cc2)C(C)C)n1. The lowest BCUT2D eigenvalue weighted by Gasteiger charge is -2.25. The van der Waals surface area contributed by atoms with Crippen molar-refractivity contribution in [3.63, 3.8) is 0 Å². The van der Waals surface area contributed by atoms with Crippen LogP contribution in [-0.2, 0) is 11.3 Å². The fraction of sp³-hybridized carbons (Fsp3) is 0.312. The lowest BCUT2D eigenvalue weighted by atomic mass is 10.1. The molecule has 9 heteroatoms. The number of ether oxygens (including phenoxy) is 1. The van der Waals surface area contributed by atoms with E-state index in [4.69, 9.17) is 0 Å². The molecule has 1 amide bonds. The van der Waals surface area contributed by atoms with Crippen molar-refractivity contribution < 1.29 is 19.2 Å². The smallest absolute Gasteiger partial charge is 0.357 e. The summed E-state index contributed by atoms with van der Waals surface area (Å²) in [6.07, 6.45) is 0. The Kier molecular flexibility index (Phi) is 5.81. The number of hydrogen-bond acceptors (Lipinski definition) is 7. The van der Waals surface area contributed by atoms with E-state index in [9.17, 15) is 19.7 Å². The van der Waals surface area contributed by atoms with Crippen molar-refractivity contribution in [3.8, 4) is 0 Å². The summed E-state index contributed by atoms with van der Waals surface area (Å²) in [4.78, 5) is 40.1. The first-order valence-corrected chi connectivity index (χ1v) is 8.29. The average molecular weight is 363 g/mol. The highest BCUT2D eigenvalue weighted by atomic mass is 32.1. The van der Waals surface area contributed by atoms with Crippen LogP contribution in [0, 0.1) is 10.1 Å². The van der Waals surface area contributed by atoms with Gasteiger partial charge < -0.3 is 9.64 Å². The molecule has 0 aliphatic heterocycles. The van der Waals surface area contributed by atoms with Crippen LogP contribution in [0.15, 0.2) is 29.6 Å². The molecule has 0 unspecified atom stereocenters. The fourth-order valence-corrected chi connectivity index (χ4v) is 2.87. The van der Waals surface area contributed by atoms with Gasteiger partial charge >= 0.3 is 5.97 Å². The van der Waals surface area contributed by atoms with Gasteiger partial charge in [-0.25, -0.2) is 9.78 Å². The lowest BCUT2D eigenvalue weighted by molar-refractivity contribution is -0.384. The van der Waals surface area contributed by atoms with E-state index in [-0.39, 0.29) is 29.9 Å². The van der Waals surface area contributed by atoms with E-state index in [0.717, 1.165) is 0 Å². The zero-order valence-electron chi connectivity index (χ0n) is 14.0. The summed E-state index contributed by atoms with van der Waals surface area (Å²) in [6.45, 7) is 3.95. The molecule has 1 heterocycles. The van der Waals surface area contributed by atoms with Gasteiger partial charge in [0.25, 0.3) is 11.6 Å². The molecule has 0 fully saturated rings. The number of aromatic nitrogens is 1. The number of benzene rings is 1. The monoisotopic (exact) mass is 363 g/mol. The highest BCUT2D eigenvalue weighted by molar-refractivity contribution is 7.09. The van der Waals surface area contributed by atoms with Gasteiger partial charge in [-0.1, -0.05) is 0 Å². The Morgan fingerprint density at radius 1 is 1.32 bits per heavy atom. The van der Waals surface area contributed by atoms with Gasteiger partial charge in [-0.05, 0) is 26.0 Å². The van der Waals surface area contributed by atoms with Crippen LogP contribution in [-0.4, -0.2) is 39.8 Å². The molecular weight excluding hydrogens is 346 g/mol. The number of carbonyl (C=O) groups excluding carboxylic acids is 2. The Hall–Kier alpha value is -2.81. The number of nitro groups is 1. The normalized spacial score (nSPS) is 10.6. The average Bonchev–Trinajstić information content (AvgIpc) is 3.07. The van der Waals surface area contributed by atoms with Crippen LogP contribution in [0.4, 0.5) is 5.69 Å². The van der Waals surface area contributed by atoms with Crippen LogP contribution in [0.3, 0.4) is 0 Å². The molecule has 0 aliphatic carbocycles. The van der Waals surface area contributed by atoms with Crippen LogP contribution in [0.1, 0.15) is 39.7 Å². The van der Waals surface area contributed by atoms with Crippen molar-refractivity contribution in [1.82, 2.24) is 9.88 Å². The minimum atomic E-state index is -0.528. The summed E-state index contributed by atoms with van der Waals surface area (Å²) in [5.74, 6) is -0.792. The van der Waals surface area contributed by atoms with E-state index < -0.39 is 10.9 Å². The van der Waals surface area contributed by atoms with Crippen molar-refractivity contribution >= 4 is 28.9 Å². The van der Waals surface area contributed by atoms with Gasteiger partial charge in [0.15, 0.2) is 5.69 Å². The van der Waals surface area contributed by atoms with Crippen molar-refractivity contribution in [2.45, 2.75) is 26.4 Å². The van der Waals surface area contributed by atoms with Crippen molar-refractivity contribution in [2.24, 2.45) is 0 Å². The number of nitrogens with zero attached hydrogens (tertiary/aromatic N) is 3. The maximum Gasteiger partial charge on any atom is 0.357 e. The molecule has 0 saturated heterocycles. The predicted octanol–water partition coefficient (Wildman–Crippen LogP) is 2.89. The summed E-state index contributed by atoms with van der Waals surface area (Å²) < 4.78 is 4.62. The van der Waals surface area contributed by atoms with E-state index in [0.29, 0.717) is 10.6 Å². The summed E-state index contributed by atoms with van der Waals surface area (Å²) in [5.41, 5.74) is 0.480. The van der Waals surface area contributed by atoms with Gasteiger partial charge in [-0.15, -0.1) is 11.3 Å². The number of non-ortho nitro benzene ring substituents is 1. The maximum absolute atomic E-state index is 12.7. The van der Waals surface area contributed by atoms with E-state index in [1.165, 1.54) is 42.7 Å². The predicted molar refractivity (Wildman–Crippen MR) is 91.6 cm³/mol. The van der Waals surface area contributed by atoms with Crippen LogP contribution in [0.2, 0.25) is 0 Å². The minimum absolute atomic E-state index is 0.0738. The van der Waals surface area contributed by atoms with Crippen molar-refractivity contribution in [1.29, 1.82) is 0 Å². The fourth-order valence-electron chi connectivity index (χ4n) is 2.11. The van der Waals surface area contributed by atoms with Crippen molar-refractivity contribution in [3.05, 3.63) is 56.0 Å². The number of esters is 1. The molecule has 0 spiro atoms. The molecule has 0 radical (unpaired) electrons. The quantitative estimate of drug-likeness (QED) is 0.444. The highest BCUT2D eigenvalue weighted by Crippen LogP contribution is 2.19. The molecule has 25 heavy (non-hydrogen) atoms. The number of hydrogen-bond donors (Lipinski definition) is 0. The summed E-state index contributed by atoms with van der Waals surface area (Å²) in [7, 11) is 1.28. The van der Waals surface area contributed by atoms with Crippen LogP contribution in [0.25, 0.3) is 0 Å². The van der Waals surface area contributed by atoms with Crippen LogP contribution >= 0.6 is 11.3 Å². The summed E-state index contributed by atoms with van der Waals surface area (Å²) >= 11 is 1.26. The molecule has 1 aromatic heterocycles. The molecular formula is C16H17N3O5S. The molecule has 0 atom stereocenters. The third-order valence-electron chi connectivity index (χ3n) is 3.46. The second-order valence-corrected chi connectivity index (χ2v) is 6.39. The van der Waals surface area contributed by atoms with Gasteiger partial charge in [0.05, 0.1) is 18.6 Å². The third kappa shape index (κ3) is 4.38. The highest BCUT2D eigenvalue weighted by Gasteiger charge is 2.22. The third-order valence-corrected chi connectivity index (χ3v) is 4.29. The molecule has 0 saturated carbocycles. The molecule has 0 N–H and O–H groups in total. The topological polar surface area (TPSA) is 103 Å². The van der Waals surface area contributed by atoms with E-state index in [2.05, 4.69) is 9.72 Å². The summed E-state index contributed by atoms with van der Waals surface area (Å²) in [6, 6.07) is 5.33. The van der Waals surface area contributed by atoms with E-state index in [1.807, 2.05) is 13.8 Å². The van der Waals surface area contributed by atoms with Crippen LogP contribution < -0.4 is 0 Å². The molecule has 0 bridgehead atoms. The Morgan fingerprint density at radius 3 is 2.48 bits per heavy atom. The first-order valence-electron chi connectivity index (χ1n) is 7.41. The first-order chi connectivity index (χ1) is 11.8. The molecule has 2 rings (SSSR count). The Balaban J connectivity index is 2.19. The molecule has 8 nitrogen and oxygen atoms in total. The summed E-state index contributed by atoms with van der Waals surface area (Å²) in [5, 5.41) is 12.9. The maximum atomic E-state index is 12.7. The molecule has 1 aromatic carbocycles.